The summed E-state index contributed by atoms with van der Waals surface area (Å²) >= 11 is 1.83. The third kappa shape index (κ3) is 2.79. The fraction of sp³-hybridized carbons (Fsp3) is 0.667. The van der Waals surface area contributed by atoms with Crippen molar-refractivity contribution in [2.75, 3.05) is 0 Å². The first kappa shape index (κ1) is 4.79. The Kier molecular flexibility index (Phi) is 4.54. The zero-order valence-electron chi connectivity index (χ0n) is 2.57. The fourth-order valence-electron chi connectivity index (χ4n) is 0. The summed E-state index contributed by atoms with van der Waals surface area (Å²) in [7, 11) is 0. The molecule has 0 N–H and O–H groups in total. The molecular weight excluding hydrogens is 164 g/mol. The van der Waals surface area contributed by atoms with Gasteiger partial charge in [0.05, 0.1) is 0 Å². The molecule has 0 aromatic rings. The van der Waals surface area contributed by atoms with E-state index in [1.807, 2.05) is 22.3 Å². The second-order valence-electron chi connectivity index (χ2n) is 0.577. The maximum absolute atomic E-state index is 3.62. The Hall–Kier alpha value is 0.790. The van der Waals surface area contributed by atoms with Crippen LogP contribution in [0.25, 0.3) is 0 Å². The van der Waals surface area contributed by atoms with Crippen LogP contribution in [0.1, 0.15) is 6.42 Å². The van der Waals surface area contributed by atoms with Crippen LogP contribution in [0.2, 0.25) is 4.47 Å². The van der Waals surface area contributed by atoms with Gasteiger partial charge in [-0.25, -0.2) is 0 Å². The maximum atomic E-state index is 3.62. The molecule has 0 saturated carbocycles. The van der Waals surface area contributed by atoms with Crippen LogP contribution < -0.4 is 0 Å². The SMILES string of the molecule is [CH2]CC[TeH]. The molecule has 0 amide bonds. The molecule has 0 aromatic carbocycles. The third-order valence-corrected chi connectivity index (χ3v) is 1.06. The van der Waals surface area contributed by atoms with Crippen molar-refractivity contribution >= 4 is 22.3 Å². The molecule has 0 saturated heterocycles. The van der Waals surface area contributed by atoms with Gasteiger partial charge in [0.2, 0.25) is 0 Å². The van der Waals surface area contributed by atoms with Gasteiger partial charge in [0.25, 0.3) is 0 Å². The molecule has 0 fully saturated rings. The molecule has 1 heteroatoms. The Labute approximate surface area is 40.5 Å². The number of hydrogen-bond acceptors (Lipinski definition) is 0. The van der Waals surface area contributed by atoms with Crippen LogP contribution >= 0.6 is 0 Å². The third-order valence-electron chi connectivity index (χ3n) is 0.158. The van der Waals surface area contributed by atoms with Crippen molar-refractivity contribution in [3.8, 4) is 0 Å². The van der Waals surface area contributed by atoms with Crippen LogP contribution in [0.15, 0.2) is 0 Å². The summed E-state index contributed by atoms with van der Waals surface area (Å²) in [5.41, 5.74) is 0. The molecule has 0 atom stereocenters. The summed E-state index contributed by atoms with van der Waals surface area (Å²) in [5, 5.41) is 0. The van der Waals surface area contributed by atoms with E-state index >= 15 is 0 Å². The first-order valence-electron chi connectivity index (χ1n) is 1.32. The monoisotopic (exact) mass is 173 g/mol. The molecule has 25 valence electrons. The van der Waals surface area contributed by atoms with E-state index in [-0.39, 0.29) is 0 Å². The van der Waals surface area contributed by atoms with E-state index in [1.54, 1.807) is 0 Å². The Morgan fingerprint density at radius 2 is 2.00 bits per heavy atom. The Bertz CT molecular complexity index is 5.25. The summed E-state index contributed by atoms with van der Waals surface area (Å²) in [4.78, 5) is 0. The summed E-state index contributed by atoms with van der Waals surface area (Å²) in [6.07, 6.45) is 1.09. The van der Waals surface area contributed by atoms with Gasteiger partial charge >= 0.3 is 40.1 Å². The fourth-order valence-corrected chi connectivity index (χ4v) is 0. The first-order valence-corrected chi connectivity index (χ1v) is 3.12. The van der Waals surface area contributed by atoms with Crippen molar-refractivity contribution < 1.29 is 0 Å². The second kappa shape index (κ2) is 3.79. The zero-order chi connectivity index (χ0) is 3.41. The van der Waals surface area contributed by atoms with Gasteiger partial charge in [-0.15, -0.1) is 0 Å². The van der Waals surface area contributed by atoms with Gasteiger partial charge in [0.15, 0.2) is 0 Å². The van der Waals surface area contributed by atoms with Crippen LogP contribution in [0.5, 0.6) is 0 Å². The quantitative estimate of drug-likeness (QED) is 0.504. The van der Waals surface area contributed by atoms with E-state index in [1.165, 1.54) is 4.47 Å². The molecule has 0 nitrogen and oxygen atoms in total. The van der Waals surface area contributed by atoms with Gasteiger partial charge in [-0.05, 0) is 0 Å². The zero-order valence-corrected chi connectivity index (χ0v) is 5.12. The molecule has 0 unspecified atom stereocenters. The number of hydrogen-bond donors (Lipinski definition) is 0. The van der Waals surface area contributed by atoms with Crippen molar-refractivity contribution in [2.24, 2.45) is 0 Å². The van der Waals surface area contributed by atoms with E-state index in [0.717, 1.165) is 6.42 Å². The van der Waals surface area contributed by atoms with E-state index < -0.39 is 0 Å². The standard InChI is InChI=1S/C3H7Te/c1-2-3-4/h4H,1-3H2. The molecule has 1 radical (unpaired) electrons. The second-order valence-corrected chi connectivity index (χ2v) is 1.85. The molecule has 4 heavy (non-hydrogen) atoms. The van der Waals surface area contributed by atoms with Gasteiger partial charge in [0.1, 0.15) is 0 Å². The topological polar surface area (TPSA) is 0 Å². The molecule has 0 aromatic heterocycles. The van der Waals surface area contributed by atoms with Gasteiger partial charge in [-0.1, -0.05) is 0 Å². The molecule has 0 bridgehead atoms. The first-order chi connectivity index (χ1) is 1.91. The molecule has 0 aliphatic heterocycles. The van der Waals surface area contributed by atoms with E-state index in [4.69, 9.17) is 0 Å². The van der Waals surface area contributed by atoms with Crippen molar-refractivity contribution in [1.29, 1.82) is 0 Å². The van der Waals surface area contributed by atoms with Crippen LogP contribution in [-0.2, 0) is 0 Å². The molecular formula is C3H7Te. The number of rotatable bonds is 1. The van der Waals surface area contributed by atoms with Gasteiger partial charge in [-0.3, -0.25) is 0 Å². The summed E-state index contributed by atoms with van der Waals surface area (Å²) in [6.45, 7) is 3.62. The van der Waals surface area contributed by atoms with Crippen molar-refractivity contribution in [2.45, 2.75) is 10.9 Å². The van der Waals surface area contributed by atoms with Crippen molar-refractivity contribution in [3.05, 3.63) is 6.92 Å². The minimum absolute atomic E-state index is 1.09. The Balaban J connectivity index is 1.97. The van der Waals surface area contributed by atoms with E-state index in [9.17, 15) is 0 Å². The minimum atomic E-state index is 1.09. The van der Waals surface area contributed by atoms with Crippen LogP contribution in [0, 0.1) is 6.92 Å². The summed E-state index contributed by atoms with van der Waals surface area (Å²) < 4.78 is 1.26. The molecule has 0 spiro atoms. The molecule has 0 rings (SSSR count). The van der Waals surface area contributed by atoms with Crippen LogP contribution in [0.3, 0.4) is 0 Å². The summed E-state index contributed by atoms with van der Waals surface area (Å²) in [5.74, 6) is 0. The molecule has 0 aliphatic rings. The average molecular weight is 171 g/mol. The molecule has 0 heterocycles. The van der Waals surface area contributed by atoms with Crippen molar-refractivity contribution in [3.63, 3.8) is 0 Å². The van der Waals surface area contributed by atoms with Gasteiger partial charge < -0.3 is 0 Å². The Morgan fingerprint density at radius 3 is 2.00 bits per heavy atom. The van der Waals surface area contributed by atoms with Crippen LogP contribution in [0.4, 0.5) is 0 Å². The van der Waals surface area contributed by atoms with E-state index in [0.29, 0.717) is 0 Å². The van der Waals surface area contributed by atoms with E-state index in [2.05, 4.69) is 6.92 Å². The van der Waals surface area contributed by atoms with Gasteiger partial charge in [-0.2, -0.15) is 0 Å². The van der Waals surface area contributed by atoms with Crippen LogP contribution in [-0.4, -0.2) is 22.3 Å². The molecule has 0 aliphatic carbocycles. The average Bonchev–Trinajstić information content (AvgIpc) is 1.37. The Morgan fingerprint density at radius 1 is 1.75 bits per heavy atom. The normalized spacial score (nSPS) is 7.50. The van der Waals surface area contributed by atoms with Gasteiger partial charge in [0, 0.05) is 0 Å². The predicted octanol–water partition coefficient (Wildman–Crippen LogP) is 0.530. The predicted molar refractivity (Wildman–Crippen MR) is 21.9 cm³/mol. The summed E-state index contributed by atoms with van der Waals surface area (Å²) in [6, 6.07) is 0. The van der Waals surface area contributed by atoms with Crippen molar-refractivity contribution in [1.82, 2.24) is 0 Å².